The van der Waals surface area contributed by atoms with Gasteiger partial charge in [-0.25, -0.2) is 4.79 Å². The van der Waals surface area contributed by atoms with Gasteiger partial charge in [0.15, 0.2) is 6.10 Å². The van der Waals surface area contributed by atoms with Crippen molar-refractivity contribution in [3.05, 3.63) is 39.7 Å². The van der Waals surface area contributed by atoms with Crippen molar-refractivity contribution in [2.45, 2.75) is 33.3 Å². The number of aryl methyl sites for hydroxylation is 1. The maximum absolute atomic E-state index is 11.8. The lowest BCUT2D eigenvalue weighted by atomic mass is 10.1. The quantitative estimate of drug-likeness (QED) is 0.769. The Kier molecular flexibility index (Phi) is 5.23. The molecule has 7 nitrogen and oxygen atoms in total. The molecule has 1 N–H and O–H groups in total. The van der Waals surface area contributed by atoms with E-state index in [0.29, 0.717) is 16.9 Å². The minimum absolute atomic E-state index is 0.0278. The van der Waals surface area contributed by atoms with Crippen LogP contribution in [0.3, 0.4) is 0 Å². The summed E-state index contributed by atoms with van der Waals surface area (Å²) in [7, 11) is 0. The lowest BCUT2D eigenvalue weighted by Gasteiger charge is -2.15. The number of benzene rings is 1. The van der Waals surface area contributed by atoms with Gasteiger partial charge in [-0.3, -0.25) is 4.79 Å². The standard InChI is InChI=1S/C17H19NO6/c1-9-10(2)17(22)24-14-8-12(4-5-13(9)14)23-11(3)16(21)18-7-6-15(19)20/h4-5,8,11H,6-7H2,1-3H3,(H,18,21)(H,19,20)/p-1/t11-/m0/s1. The molecule has 0 aliphatic rings. The number of ether oxygens (including phenoxy) is 1. The van der Waals surface area contributed by atoms with E-state index >= 15 is 0 Å². The summed E-state index contributed by atoms with van der Waals surface area (Å²) in [5.41, 5.74) is 1.35. The summed E-state index contributed by atoms with van der Waals surface area (Å²) in [6, 6.07) is 4.99. The fraction of sp³-hybridized carbons (Fsp3) is 0.353. The maximum Gasteiger partial charge on any atom is 0.339 e. The average Bonchev–Trinajstić information content (AvgIpc) is 2.52. The third-order valence-electron chi connectivity index (χ3n) is 3.74. The molecule has 1 heterocycles. The van der Waals surface area contributed by atoms with Crippen LogP contribution in [0.4, 0.5) is 0 Å². The average molecular weight is 332 g/mol. The highest BCUT2D eigenvalue weighted by molar-refractivity contribution is 5.83. The van der Waals surface area contributed by atoms with Crippen molar-refractivity contribution >= 4 is 22.8 Å². The van der Waals surface area contributed by atoms with Crippen LogP contribution in [0.5, 0.6) is 5.75 Å². The van der Waals surface area contributed by atoms with Gasteiger partial charge < -0.3 is 24.4 Å². The zero-order valence-electron chi connectivity index (χ0n) is 13.7. The second-order valence-corrected chi connectivity index (χ2v) is 5.47. The molecule has 24 heavy (non-hydrogen) atoms. The van der Waals surface area contributed by atoms with Crippen molar-refractivity contribution in [2.75, 3.05) is 6.54 Å². The van der Waals surface area contributed by atoms with Crippen LogP contribution in [0.2, 0.25) is 0 Å². The molecule has 0 bridgehead atoms. The summed E-state index contributed by atoms with van der Waals surface area (Å²) >= 11 is 0. The largest absolute Gasteiger partial charge is 0.550 e. The second-order valence-electron chi connectivity index (χ2n) is 5.47. The number of carboxylic acid groups (broad SMARTS) is 1. The van der Waals surface area contributed by atoms with Gasteiger partial charge in [0, 0.05) is 36.0 Å². The number of carbonyl (C=O) groups is 2. The van der Waals surface area contributed by atoms with E-state index in [1.807, 2.05) is 6.92 Å². The van der Waals surface area contributed by atoms with Crippen LogP contribution < -0.4 is 20.8 Å². The maximum atomic E-state index is 11.8. The molecule has 128 valence electrons. The van der Waals surface area contributed by atoms with Gasteiger partial charge >= 0.3 is 5.63 Å². The van der Waals surface area contributed by atoms with Crippen molar-refractivity contribution in [1.82, 2.24) is 5.32 Å². The van der Waals surface area contributed by atoms with Gasteiger partial charge in [-0.1, -0.05) is 0 Å². The lowest BCUT2D eigenvalue weighted by molar-refractivity contribution is -0.305. The molecule has 2 aromatic rings. The first-order valence-corrected chi connectivity index (χ1v) is 7.48. The molecule has 0 saturated heterocycles. The molecule has 7 heteroatoms. The van der Waals surface area contributed by atoms with Crippen molar-refractivity contribution in [2.24, 2.45) is 0 Å². The van der Waals surface area contributed by atoms with E-state index in [2.05, 4.69) is 5.32 Å². The van der Waals surface area contributed by atoms with Crippen molar-refractivity contribution in [3.8, 4) is 5.75 Å². The van der Waals surface area contributed by atoms with Crippen molar-refractivity contribution in [3.63, 3.8) is 0 Å². The first-order chi connectivity index (χ1) is 11.3. The molecule has 0 spiro atoms. The number of amides is 1. The summed E-state index contributed by atoms with van der Waals surface area (Å²) in [6.45, 7) is 5.04. The third-order valence-corrected chi connectivity index (χ3v) is 3.74. The van der Waals surface area contributed by atoms with Gasteiger partial charge in [-0.15, -0.1) is 0 Å². The van der Waals surface area contributed by atoms with E-state index in [1.54, 1.807) is 25.1 Å². The third kappa shape index (κ3) is 3.92. The van der Waals surface area contributed by atoms with E-state index in [1.165, 1.54) is 6.92 Å². The molecule has 0 aliphatic heterocycles. The van der Waals surface area contributed by atoms with Gasteiger partial charge in [0.25, 0.3) is 5.91 Å². The molecule has 0 saturated carbocycles. The van der Waals surface area contributed by atoms with Crippen LogP contribution in [-0.2, 0) is 9.59 Å². The van der Waals surface area contributed by atoms with Crippen LogP contribution in [-0.4, -0.2) is 24.5 Å². The Hall–Kier alpha value is -2.83. The molecule has 0 aliphatic carbocycles. The van der Waals surface area contributed by atoms with Gasteiger partial charge in [-0.2, -0.15) is 0 Å². The van der Waals surface area contributed by atoms with Gasteiger partial charge in [-0.05, 0) is 38.5 Å². The highest BCUT2D eigenvalue weighted by Gasteiger charge is 2.15. The fourth-order valence-electron chi connectivity index (χ4n) is 2.19. The Labute approximate surface area is 138 Å². The van der Waals surface area contributed by atoms with E-state index in [-0.39, 0.29) is 13.0 Å². The highest BCUT2D eigenvalue weighted by atomic mass is 16.5. The first kappa shape index (κ1) is 17.5. The topological polar surface area (TPSA) is 109 Å². The predicted molar refractivity (Wildman–Crippen MR) is 84.7 cm³/mol. The minimum Gasteiger partial charge on any atom is -0.550 e. The second kappa shape index (κ2) is 7.16. The number of hydrogen-bond acceptors (Lipinski definition) is 6. The van der Waals surface area contributed by atoms with Crippen molar-refractivity contribution in [1.29, 1.82) is 0 Å². The van der Waals surface area contributed by atoms with Gasteiger partial charge in [0.2, 0.25) is 0 Å². The zero-order chi connectivity index (χ0) is 17.9. The van der Waals surface area contributed by atoms with E-state index in [0.717, 1.165) is 10.9 Å². The Morgan fingerprint density at radius 2 is 2.00 bits per heavy atom. The highest BCUT2D eigenvalue weighted by Crippen LogP contribution is 2.24. The molecule has 1 atom stereocenters. The molecule has 0 unspecified atom stereocenters. The van der Waals surface area contributed by atoms with E-state index in [4.69, 9.17) is 9.15 Å². The predicted octanol–water partition coefficient (Wildman–Crippen LogP) is 0.433. The zero-order valence-corrected chi connectivity index (χ0v) is 13.7. The lowest BCUT2D eigenvalue weighted by Crippen LogP contribution is -2.38. The number of fused-ring (bicyclic) bond motifs is 1. The molecule has 1 amide bonds. The molecule has 1 aromatic carbocycles. The number of aliphatic carboxylic acids is 1. The number of nitrogens with one attached hydrogen (secondary N) is 1. The summed E-state index contributed by atoms with van der Waals surface area (Å²) < 4.78 is 10.8. The summed E-state index contributed by atoms with van der Waals surface area (Å²) in [6.07, 6.45) is -1.10. The fourth-order valence-corrected chi connectivity index (χ4v) is 2.19. The van der Waals surface area contributed by atoms with Gasteiger partial charge in [0.1, 0.15) is 11.3 Å². The van der Waals surface area contributed by atoms with Gasteiger partial charge in [0.05, 0.1) is 0 Å². The van der Waals surface area contributed by atoms with Crippen molar-refractivity contribution < 1.29 is 23.8 Å². The normalized spacial score (nSPS) is 12.0. The number of hydrogen-bond donors (Lipinski definition) is 1. The number of carbonyl (C=O) groups excluding carboxylic acids is 2. The summed E-state index contributed by atoms with van der Waals surface area (Å²) in [5, 5.41) is 13.6. The SMILES string of the molecule is Cc1c(C)c2ccc(O[C@@H](C)C(=O)NCCC(=O)[O-])cc2oc1=O. The summed E-state index contributed by atoms with van der Waals surface area (Å²) in [5.74, 6) is -1.31. The molecule has 1 aromatic heterocycles. The van der Waals surface area contributed by atoms with Crippen LogP contribution >= 0.6 is 0 Å². The molecular formula is C17H18NO6-. The first-order valence-electron chi connectivity index (χ1n) is 7.48. The molecule has 0 radical (unpaired) electrons. The molecular weight excluding hydrogens is 314 g/mol. The van der Waals surface area contributed by atoms with Crippen LogP contribution in [0.1, 0.15) is 24.5 Å². The Morgan fingerprint density at radius 1 is 1.29 bits per heavy atom. The smallest absolute Gasteiger partial charge is 0.339 e. The van der Waals surface area contributed by atoms with Crippen LogP contribution in [0, 0.1) is 13.8 Å². The van der Waals surface area contributed by atoms with Crippen LogP contribution in [0.15, 0.2) is 27.4 Å². The Balaban J connectivity index is 2.12. The van der Waals surface area contributed by atoms with Crippen LogP contribution in [0.25, 0.3) is 11.0 Å². The van der Waals surface area contributed by atoms with E-state index < -0.39 is 23.6 Å². The number of carboxylic acids is 1. The monoisotopic (exact) mass is 332 g/mol. The Bertz CT molecular complexity index is 839. The molecule has 2 rings (SSSR count). The Morgan fingerprint density at radius 3 is 2.67 bits per heavy atom. The number of rotatable bonds is 6. The minimum atomic E-state index is -1.24. The molecule has 0 fully saturated rings. The summed E-state index contributed by atoms with van der Waals surface area (Å²) in [4.78, 5) is 33.9. The van der Waals surface area contributed by atoms with E-state index in [9.17, 15) is 19.5 Å².